The Balaban J connectivity index is 1.60. The van der Waals surface area contributed by atoms with Gasteiger partial charge in [-0.05, 0) is 42.2 Å². The zero-order valence-electron chi connectivity index (χ0n) is 23.3. The summed E-state index contributed by atoms with van der Waals surface area (Å²) >= 11 is 1.47. The van der Waals surface area contributed by atoms with Crippen molar-refractivity contribution in [1.82, 2.24) is 15.0 Å². The van der Waals surface area contributed by atoms with Gasteiger partial charge in [-0.1, -0.05) is 43.3 Å². The maximum Gasteiger partial charge on any atom is 0.249 e. The Morgan fingerprint density at radius 3 is 2.72 bits per heavy atom. The van der Waals surface area contributed by atoms with E-state index in [1.54, 1.807) is 12.4 Å². The van der Waals surface area contributed by atoms with Gasteiger partial charge in [0.2, 0.25) is 11.8 Å². The number of hydrogen-bond acceptors (Lipinski definition) is 8. The van der Waals surface area contributed by atoms with Crippen LogP contribution in [-0.2, 0) is 22.4 Å². The van der Waals surface area contributed by atoms with E-state index in [2.05, 4.69) is 43.1 Å². The number of ether oxygens (including phenoxy) is 2. The quantitative estimate of drug-likeness (QED) is 0.199. The van der Waals surface area contributed by atoms with Crippen molar-refractivity contribution in [2.45, 2.75) is 61.9 Å². The van der Waals surface area contributed by atoms with Gasteiger partial charge in [0.15, 0.2) is 11.3 Å². The van der Waals surface area contributed by atoms with Crippen molar-refractivity contribution in [3.05, 3.63) is 54.0 Å². The SMILES string of the molecule is CCCCc1cc2ccccc2c(OCC[N+](C)(C)[C@@]2(Cc3cnc(SC)nc3)CCOC(C(N)=O)[C@@H]2O)n1. The summed E-state index contributed by atoms with van der Waals surface area (Å²) in [5, 5.41) is 14.3. The Morgan fingerprint density at radius 2 is 2.03 bits per heavy atom. The summed E-state index contributed by atoms with van der Waals surface area (Å²) in [7, 11) is 4.10. The number of unbranched alkanes of at least 4 members (excludes halogenated alkanes) is 1. The topological polar surface area (TPSA) is 120 Å². The first-order valence-electron chi connectivity index (χ1n) is 13.5. The summed E-state index contributed by atoms with van der Waals surface area (Å²) < 4.78 is 12.4. The molecule has 1 aromatic carbocycles. The molecule has 0 radical (unpaired) electrons. The Bertz CT molecular complexity index is 1270. The van der Waals surface area contributed by atoms with E-state index >= 15 is 0 Å². The van der Waals surface area contributed by atoms with Gasteiger partial charge in [0.25, 0.3) is 0 Å². The second-order valence-corrected chi connectivity index (χ2v) is 11.5. The number of hydrogen-bond donors (Lipinski definition) is 2. The summed E-state index contributed by atoms with van der Waals surface area (Å²) in [6.45, 7) is 3.41. The minimum Gasteiger partial charge on any atom is -0.471 e. The Morgan fingerprint density at radius 1 is 1.28 bits per heavy atom. The largest absolute Gasteiger partial charge is 0.471 e. The highest BCUT2D eigenvalue weighted by atomic mass is 32.2. The van der Waals surface area contributed by atoms with Crippen LogP contribution in [0.2, 0.25) is 0 Å². The number of likely N-dealkylation sites (N-methyl/N-ethyl adjacent to an activating group) is 1. The summed E-state index contributed by atoms with van der Waals surface area (Å²) in [6.07, 6.45) is 7.35. The van der Waals surface area contributed by atoms with E-state index in [0.29, 0.717) is 48.1 Å². The van der Waals surface area contributed by atoms with Crippen LogP contribution in [0.1, 0.15) is 37.4 Å². The van der Waals surface area contributed by atoms with Crippen LogP contribution >= 0.6 is 11.8 Å². The number of benzene rings is 1. The number of amides is 1. The van der Waals surface area contributed by atoms with E-state index < -0.39 is 23.7 Å². The molecule has 1 unspecified atom stereocenters. The third-order valence-electron chi connectivity index (χ3n) is 7.96. The van der Waals surface area contributed by atoms with Crippen LogP contribution in [0.15, 0.2) is 47.9 Å². The first kappa shape index (κ1) is 29.2. The normalized spacial score (nSPS) is 21.7. The number of aromatic nitrogens is 3. The average Bonchev–Trinajstić information content (AvgIpc) is 2.93. The van der Waals surface area contributed by atoms with Gasteiger partial charge < -0.3 is 24.8 Å². The number of rotatable bonds is 12. The van der Waals surface area contributed by atoms with E-state index in [0.717, 1.165) is 41.3 Å². The van der Waals surface area contributed by atoms with E-state index in [1.165, 1.54) is 11.8 Å². The smallest absolute Gasteiger partial charge is 0.249 e. The van der Waals surface area contributed by atoms with Crippen LogP contribution in [-0.4, -0.2) is 88.3 Å². The molecule has 1 amide bonds. The van der Waals surface area contributed by atoms with Crippen molar-refractivity contribution in [3.8, 4) is 5.88 Å². The Hall–Kier alpha value is -2.79. The molecule has 3 atom stereocenters. The third kappa shape index (κ3) is 6.35. The monoisotopic (exact) mass is 554 g/mol. The highest BCUT2D eigenvalue weighted by molar-refractivity contribution is 7.98. The van der Waals surface area contributed by atoms with Gasteiger partial charge in [0.1, 0.15) is 24.8 Å². The zero-order valence-corrected chi connectivity index (χ0v) is 24.1. The van der Waals surface area contributed by atoms with Crippen LogP contribution in [0.4, 0.5) is 0 Å². The lowest BCUT2D eigenvalue weighted by molar-refractivity contribution is -0.948. The first-order chi connectivity index (χ1) is 18.7. The molecule has 210 valence electrons. The highest BCUT2D eigenvalue weighted by Crippen LogP contribution is 2.38. The number of carbonyl (C=O) groups is 1. The molecule has 1 saturated heterocycles. The molecule has 1 aliphatic heterocycles. The van der Waals surface area contributed by atoms with Gasteiger partial charge in [-0.15, -0.1) is 0 Å². The van der Waals surface area contributed by atoms with Crippen molar-refractivity contribution in [3.63, 3.8) is 0 Å². The number of primary amides is 1. The van der Waals surface area contributed by atoms with E-state index in [4.69, 9.17) is 20.2 Å². The van der Waals surface area contributed by atoms with Crippen molar-refractivity contribution < 1.29 is 23.9 Å². The Labute approximate surface area is 234 Å². The molecule has 2 aromatic heterocycles. The molecule has 0 aliphatic carbocycles. The number of aliphatic hydroxyl groups excluding tert-OH is 1. The predicted molar refractivity (Wildman–Crippen MR) is 153 cm³/mol. The van der Waals surface area contributed by atoms with E-state index in [9.17, 15) is 9.90 Å². The number of pyridine rings is 1. The van der Waals surface area contributed by atoms with Crippen molar-refractivity contribution in [1.29, 1.82) is 0 Å². The number of aryl methyl sites for hydroxylation is 1. The fourth-order valence-electron chi connectivity index (χ4n) is 5.49. The maximum absolute atomic E-state index is 12.2. The molecule has 4 rings (SSSR count). The minimum absolute atomic E-state index is 0.308. The molecule has 1 fully saturated rings. The van der Waals surface area contributed by atoms with Crippen LogP contribution in [0, 0.1) is 0 Å². The first-order valence-corrected chi connectivity index (χ1v) is 14.7. The minimum atomic E-state index is -1.12. The summed E-state index contributed by atoms with van der Waals surface area (Å²) in [5.74, 6) is -0.0479. The maximum atomic E-state index is 12.2. The molecule has 0 bridgehead atoms. The molecule has 1 aliphatic rings. The van der Waals surface area contributed by atoms with Crippen LogP contribution < -0.4 is 10.5 Å². The zero-order chi connectivity index (χ0) is 28.0. The lowest BCUT2D eigenvalue weighted by atomic mass is 9.76. The number of aliphatic hydroxyl groups is 1. The summed E-state index contributed by atoms with van der Waals surface area (Å²) in [6, 6.07) is 10.3. The average molecular weight is 555 g/mol. The standard InChI is InChI=1S/C29H39N5O4S/c1-5-6-10-22-16-21-9-7-8-11-23(21)27(33-22)38-15-13-34(2,3)29(12-14-37-24(25(29)35)26(30)36)17-20-18-31-28(39-4)32-19-20/h7-9,11,16,18-19,24-25,35H,5-6,10,12-15,17H2,1-4H3,(H-,30,36)/p+1/t24?,25-,29+/m0/s1. The predicted octanol–water partition coefficient (Wildman–Crippen LogP) is 3.16. The molecule has 0 saturated carbocycles. The van der Waals surface area contributed by atoms with Crippen molar-refractivity contribution in [2.24, 2.45) is 5.73 Å². The molecule has 9 nitrogen and oxygen atoms in total. The highest BCUT2D eigenvalue weighted by Gasteiger charge is 2.57. The van der Waals surface area contributed by atoms with E-state index in [1.807, 2.05) is 24.5 Å². The molecule has 3 heterocycles. The van der Waals surface area contributed by atoms with Crippen LogP contribution in [0.25, 0.3) is 10.8 Å². The number of carbonyl (C=O) groups excluding carboxylic acids is 1. The fraction of sp³-hybridized carbons (Fsp3) is 0.517. The molecular weight excluding hydrogens is 514 g/mol. The van der Waals surface area contributed by atoms with Gasteiger partial charge in [-0.25, -0.2) is 15.0 Å². The summed E-state index contributed by atoms with van der Waals surface area (Å²) in [5.41, 5.74) is 6.76. The van der Waals surface area contributed by atoms with E-state index in [-0.39, 0.29) is 0 Å². The summed E-state index contributed by atoms with van der Waals surface area (Å²) in [4.78, 5) is 25.9. The molecular formula is C29H40N5O4S+. The molecule has 3 aromatic rings. The number of quaternary nitrogens is 1. The Kier molecular flexibility index (Phi) is 9.43. The number of thioether (sulfide) groups is 1. The van der Waals surface area contributed by atoms with Crippen LogP contribution in [0.3, 0.4) is 0 Å². The lowest BCUT2D eigenvalue weighted by Crippen LogP contribution is -2.73. The lowest BCUT2D eigenvalue weighted by Gasteiger charge is -2.54. The molecule has 3 N–H and O–H groups in total. The fourth-order valence-corrected chi connectivity index (χ4v) is 5.81. The van der Waals surface area contributed by atoms with Gasteiger partial charge >= 0.3 is 0 Å². The van der Waals surface area contributed by atoms with Gasteiger partial charge in [-0.2, -0.15) is 0 Å². The van der Waals surface area contributed by atoms with Crippen molar-refractivity contribution in [2.75, 3.05) is 40.1 Å². The van der Waals surface area contributed by atoms with Crippen LogP contribution in [0.5, 0.6) is 5.88 Å². The molecule has 0 spiro atoms. The number of fused-ring (bicyclic) bond motifs is 1. The number of nitrogens with two attached hydrogens (primary N) is 1. The van der Waals surface area contributed by atoms with Gasteiger partial charge in [0, 0.05) is 36.3 Å². The van der Waals surface area contributed by atoms with Gasteiger partial charge in [0.05, 0.1) is 20.7 Å². The van der Waals surface area contributed by atoms with Crippen molar-refractivity contribution >= 4 is 28.4 Å². The second kappa shape index (κ2) is 12.6. The number of nitrogens with zero attached hydrogens (tertiary/aromatic N) is 4. The second-order valence-electron chi connectivity index (χ2n) is 10.7. The molecule has 39 heavy (non-hydrogen) atoms. The third-order valence-corrected chi connectivity index (χ3v) is 8.54. The van der Waals surface area contributed by atoms with Gasteiger partial charge in [-0.3, -0.25) is 4.79 Å². The molecule has 10 heteroatoms.